The van der Waals surface area contributed by atoms with Gasteiger partial charge in [-0.25, -0.2) is 0 Å². The van der Waals surface area contributed by atoms with Crippen LogP contribution in [0.25, 0.3) is 0 Å². The third-order valence-corrected chi connectivity index (χ3v) is 4.43. The standard InChI is InChI=1S/C19H25Cl2N3O3/c1-13-4-5-15(20)16(10-13)27-12-14(25)11-22-19(2,3)8-9-26-18-7-6-17(21)23-24-18/h4-7,10,14,22,25H,8-9,11-12H2,1-3H3. The van der Waals surface area contributed by atoms with E-state index < -0.39 is 6.10 Å². The largest absolute Gasteiger partial charge is 0.489 e. The van der Waals surface area contributed by atoms with E-state index in [2.05, 4.69) is 15.5 Å². The van der Waals surface area contributed by atoms with Crippen LogP contribution in [0.2, 0.25) is 10.2 Å². The van der Waals surface area contributed by atoms with E-state index in [0.717, 1.165) is 5.56 Å². The van der Waals surface area contributed by atoms with E-state index in [9.17, 15) is 5.11 Å². The van der Waals surface area contributed by atoms with Crippen LogP contribution in [0, 0.1) is 6.92 Å². The van der Waals surface area contributed by atoms with Crippen LogP contribution < -0.4 is 14.8 Å². The fourth-order valence-corrected chi connectivity index (χ4v) is 2.51. The monoisotopic (exact) mass is 413 g/mol. The smallest absolute Gasteiger partial charge is 0.233 e. The van der Waals surface area contributed by atoms with Crippen molar-refractivity contribution in [3.8, 4) is 11.6 Å². The van der Waals surface area contributed by atoms with Crippen LogP contribution in [0.1, 0.15) is 25.8 Å². The van der Waals surface area contributed by atoms with Crippen LogP contribution in [-0.4, -0.2) is 46.7 Å². The Labute approximate surface area is 169 Å². The second-order valence-electron chi connectivity index (χ2n) is 6.96. The SMILES string of the molecule is Cc1ccc(Cl)c(OCC(O)CNC(C)(C)CCOc2ccc(Cl)nn2)c1. The van der Waals surface area contributed by atoms with Gasteiger partial charge in [0, 0.05) is 18.2 Å². The van der Waals surface area contributed by atoms with Gasteiger partial charge in [-0.15, -0.1) is 10.2 Å². The maximum absolute atomic E-state index is 10.2. The quantitative estimate of drug-likeness (QED) is 0.618. The van der Waals surface area contributed by atoms with Gasteiger partial charge in [-0.1, -0.05) is 29.3 Å². The number of benzene rings is 1. The van der Waals surface area contributed by atoms with Gasteiger partial charge >= 0.3 is 0 Å². The lowest BCUT2D eigenvalue weighted by atomic mass is 10.0. The zero-order valence-electron chi connectivity index (χ0n) is 15.7. The first kappa shape index (κ1) is 21.7. The number of ether oxygens (including phenoxy) is 2. The summed E-state index contributed by atoms with van der Waals surface area (Å²) in [6.07, 6.45) is 0.0538. The third kappa shape index (κ3) is 7.89. The number of hydrogen-bond acceptors (Lipinski definition) is 6. The molecule has 1 unspecified atom stereocenters. The molecule has 8 heteroatoms. The van der Waals surface area contributed by atoms with Crippen molar-refractivity contribution in [1.29, 1.82) is 0 Å². The summed E-state index contributed by atoms with van der Waals surface area (Å²) in [5.41, 5.74) is 0.815. The highest BCUT2D eigenvalue weighted by molar-refractivity contribution is 6.32. The number of hydrogen-bond donors (Lipinski definition) is 2. The van der Waals surface area contributed by atoms with Crippen molar-refractivity contribution in [2.24, 2.45) is 0 Å². The molecule has 2 aromatic rings. The number of nitrogens with zero attached hydrogens (tertiary/aromatic N) is 2. The molecule has 1 aromatic heterocycles. The summed E-state index contributed by atoms with van der Waals surface area (Å²) in [4.78, 5) is 0. The Morgan fingerprint density at radius 2 is 1.93 bits per heavy atom. The van der Waals surface area contributed by atoms with Crippen molar-refractivity contribution in [2.45, 2.75) is 38.8 Å². The Bertz CT molecular complexity index is 727. The molecule has 0 spiro atoms. The highest BCUT2D eigenvalue weighted by Gasteiger charge is 2.19. The number of aromatic nitrogens is 2. The second kappa shape index (κ2) is 10.1. The average Bonchev–Trinajstić information content (AvgIpc) is 2.62. The maximum Gasteiger partial charge on any atom is 0.233 e. The van der Waals surface area contributed by atoms with Crippen molar-refractivity contribution in [3.63, 3.8) is 0 Å². The molecule has 0 fully saturated rings. The summed E-state index contributed by atoms with van der Waals surface area (Å²) < 4.78 is 11.2. The lowest BCUT2D eigenvalue weighted by Gasteiger charge is -2.27. The zero-order chi connectivity index (χ0) is 19.9. The Kier molecular flexibility index (Phi) is 8.10. The molecule has 0 saturated carbocycles. The van der Waals surface area contributed by atoms with Gasteiger partial charge < -0.3 is 19.9 Å². The Balaban J connectivity index is 1.70. The highest BCUT2D eigenvalue weighted by atomic mass is 35.5. The first-order valence-electron chi connectivity index (χ1n) is 8.69. The van der Waals surface area contributed by atoms with Gasteiger partial charge in [0.2, 0.25) is 5.88 Å². The third-order valence-electron chi connectivity index (χ3n) is 3.92. The molecule has 0 amide bonds. The molecule has 0 aliphatic heterocycles. The zero-order valence-corrected chi connectivity index (χ0v) is 17.2. The topological polar surface area (TPSA) is 76.5 Å². The first-order valence-corrected chi connectivity index (χ1v) is 9.45. The minimum atomic E-state index is -0.663. The highest BCUT2D eigenvalue weighted by Crippen LogP contribution is 2.25. The van der Waals surface area contributed by atoms with Crippen LogP contribution in [0.5, 0.6) is 11.6 Å². The molecule has 0 bridgehead atoms. The predicted molar refractivity (Wildman–Crippen MR) is 107 cm³/mol. The average molecular weight is 414 g/mol. The Morgan fingerprint density at radius 3 is 2.63 bits per heavy atom. The molecule has 1 aromatic carbocycles. The number of aryl methyl sites for hydroxylation is 1. The van der Waals surface area contributed by atoms with Crippen LogP contribution in [0.15, 0.2) is 30.3 Å². The lowest BCUT2D eigenvalue weighted by molar-refractivity contribution is 0.0964. The predicted octanol–water partition coefficient (Wildman–Crippen LogP) is 3.67. The molecule has 1 atom stereocenters. The van der Waals surface area contributed by atoms with Gasteiger partial charge in [0.25, 0.3) is 0 Å². The summed E-state index contributed by atoms with van der Waals surface area (Å²) in [5, 5.41) is 21.9. The molecule has 0 aliphatic rings. The van der Waals surface area contributed by atoms with E-state index in [0.29, 0.717) is 41.4 Å². The lowest BCUT2D eigenvalue weighted by Crippen LogP contribution is -2.45. The summed E-state index contributed by atoms with van der Waals surface area (Å²) in [6.45, 7) is 7.04. The van der Waals surface area contributed by atoms with Gasteiger partial charge in [-0.3, -0.25) is 0 Å². The van der Waals surface area contributed by atoms with Gasteiger partial charge in [-0.05, 0) is 51.0 Å². The summed E-state index contributed by atoms with van der Waals surface area (Å²) in [5.74, 6) is 1.01. The van der Waals surface area contributed by atoms with Crippen molar-refractivity contribution >= 4 is 23.2 Å². The number of halogens is 2. The van der Waals surface area contributed by atoms with E-state index in [1.165, 1.54) is 0 Å². The molecule has 148 valence electrons. The fraction of sp³-hybridized carbons (Fsp3) is 0.474. The molecule has 2 rings (SSSR count). The van der Waals surface area contributed by atoms with Gasteiger partial charge in [-0.2, -0.15) is 0 Å². The van der Waals surface area contributed by atoms with Crippen LogP contribution in [-0.2, 0) is 0 Å². The van der Waals surface area contributed by atoms with E-state index in [-0.39, 0.29) is 12.1 Å². The fourth-order valence-electron chi connectivity index (χ4n) is 2.24. The molecule has 0 aliphatic carbocycles. The van der Waals surface area contributed by atoms with Gasteiger partial charge in [0.05, 0.1) is 11.6 Å². The minimum absolute atomic E-state index is 0.156. The van der Waals surface area contributed by atoms with Crippen LogP contribution in [0.3, 0.4) is 0 Å². The van der Waals surface area contributed by atoms with E-state index in [1.807, 2.05) is 32.9 Å². The van der Waals surface area contributed by atoms with Crippen molar-refractivity contribution in [1.82, 2.24) is 15.5 Å². The number of β-amino-alcohol motifs (C(OH)–C–C–N with tert-alkyl or cyclic N) is 1. The number of rotatable bonds is 10. The van der Waals surface area contributed by atoms with E-state index in [1.54, 1.807) is 18.2 Å². The van der Waals surface area contributed by atoms with Crippen molar-refractivity contribution < 1.29 is 14.6 Å². The normalized spacial score (nSPS) is 12.7. The first-order chi connectivity index (χ1) is 12.7. The molecule has 1 heterocycles. The van der Waals surface area contributed by atoms with E-state index in [4.69, 9.17) is 32.7 Å². The Morgan fingerprint density at radius 1 is 1.15 bits per heavy atom. The second-order valence-corrected chi connectivity index (χ2v) is 7.75. The molecule has 0 radical (unpaired) electrons. The van der Waals surface area contributed by atoms with Crippen molar-refractivity contribution in [2.75, 3.05) is 19.8 Å². The van der Waals surface area contributed by atoms with E-state index >= 15 is 0 Å². The number of aliphatic hydroxyl groups is 1. The maximum atomic E-state index is 10.2. The summed E-state index contributed by atoms with van der Waals surface area (Å²) in [7, 11) is 0. The van der Waals surface area contributed by atoms with Gasteiger partial charge in [0.15, 0.2) is 5.15 Å². The van der Waals surface area contributed by atoms with Crippen molar-refractivity contribution in [3.05, 3.63) is 46.1 Å². The molecule has 2 N–H and O–H groups in total. The molecular weight excluding hydrogens is 389 g/mol. The number of aliphatic hydroxyl groups excluding tert-OH is 1. The molecule has 6 nitrogen and oxygen atoms in total. The minimum Gasteiger partial charge on any atom is -0.489 e. The summed E-state index contributed by atoms with van der Waals surface area (Å²) >= 11 is 11.8. The summed E-state index contributed by atoms with van der Waals surface area (Å²) in [6, 6.07) is 8.85. The van der Waals surface area contributed by atoms with Crippen LogP contribution in [0.4, 0.5) is 0 Å². The van der Waals surface area contributed by atoms with Gasteiger partial charge in [0.1, 0.15) is 18.5 Å². The number of nitrogens with one attached hydrogen (secondary N) is 1. The molecule has 27 heavy (non-hydrogen) atoms. The van der Waals surface area contributed by atoms with Crippen LogP contribution >= 0.6 is 23.2 Å². The Hall–Kier alpha value is -1.60. The molecular formula is C19H25Cl2N3O3. The molecule has 0 saturated heterocycles.